The summed E-state index contributed by atoms with van der Waals surface area (Å²) in [5.41, 5.74) is 5.97. The molecular formula is C14H24N4OS. The normalized spacial score (nSPS) is 18.6. The van der Waals surface area contributed by atoms with Gasteiger partial charge in [0.1, 0.15) is 10.7 Å². The van der Waals surface area contributed by atoms with Crippen LogP contribution < -0.4 is 10.6 Å². The van der Waals surface area contributed by atoms with Crippen LogP contribution in [0.2, 0.25) is 0 Å². The Morgan fingerprint density at radius 3 is 2.75 bits per heavy atom. The van der Waals surface area contributed by atoms with Crippen molar-refractivity contribution in [2.24, 2.45) is 0 Å². The van der Waals surface area contributed by atoms with E-state index in [1.54, 1.807) is 0 Å². The van der Waals surface area contributed by atoms with E-state index in [0.29, 0.717) is 16.7 Å². The molecule has 5 nitrogen and oxygen atoms in total. The zero-order valence-corrected chi connectivity index (χ0v) is 13.4. The number of nitrogens with zero attached hydrogens (tertiary/aromatic N) is 3. The average molecular weight is 296 g/mol. The molecule has 2 N–H and O–H groups in total. The number of carbonyl (C=O) groups is 1. The highest BCUT2D eigenvalue weighted by Gasteiger charge is 2.31. The zero-order chi connectivity index (χ0) is 14.7. The Hall–Kier alpha value is -1.30. The molecule has 1 fully saturated rings. The van der Waals surface area contributed by atoms with Crippen molar-refractivity contribution in [1.29, 1.82) is 0 Å². The monoisotopic (exact) mass is 296 g/mol. The van der Waals surface area contributed by atoms with Gasteiger partial charge in [-0.2, -0.15) is 0 Å². The molecule has 2 heterocycles. The Morgan fingerprint density at radius 2 is 2.15 bits per heavy atom. The van der Waals surface area contributed by atoms with Crippen LogP contribution in [0.1, 0.15) is 49.7 Å². The van der Waals surface area contributed by atoms with Gasteiger partial charge in [0.2, 0.25) is 0 Å². The molecule has 0 radical (unpaired) electrons. The van der Waals surface area contributed by atoms with Crippen molar-refractivity contribution in [3.8, 4) is 0 Å². The lowest BCUT2D eigenvalue weighted by Crippen LogP contribution is -2.34. The predicted molar refractivity (Wildman–Crippen MR) is 84.4 cm³/mol. The summed E-state index contributed by atoms with van der Waals surface area (Å²) in [6, 6.07) is 0.362. The fourth-order valence-electron chi connectivity index (χ4n) is 2.76. The van der Waals surface area contributed by atoms with Gasteiger partial charge in [0.25, 0.3) is 5.91 Å². The van der Waals surface area contributed by atoms with Gasteiger partial charge >= 0.3 is 0 Å². The topological polar surface area (TPSA) is 62.5 Å². The Balaban J connectivity index is 2.22. The summed E-state index contributed by atoms with van der Waals surface area (Å²) in [5, 5.41) is 0.850. The largest absolute Gasteiger partial charge is 0.382 e. The number of aromatic nitrogens is 1. The van der Waals surface area contributed by atoms with Crippen LogP contribution in [0, 0.1) is 0 Å². The molecule has 6 heteroatoms. The first-order valence-electron chi connectivity index (χ1n) is 7.44. The van der Waals surface area contributed by atoms with E-state index in [9.17, 15) is 4.79 Å². The lowest BCUT2D eigenvalue weighted by molar-refractivity contribution is 0.0739. The Labute approximate surface area is 124 Å². The number of hydrogen-bond donors (Lipinski definition) is 1. The number of carbonyl (C=O) groups excluding carboxylic acids is 1. The number of likely N-dealkylation sites (tertiary alicyclic amines) is 1. The van der Waals surface area contributed by atoms with Crippen LogP contribution in [0.4, 0.5) is 10.9 Å². The van der Waals surface area contributed by atoms with E-state index in [4.69, 9.17) is 5.73 Å². The molecule has 0 saturated carbocycles. The molecule has 1 atom stereocenters. The standard InChI is InChI=1S/C14H24N4OS/c1-4-10-8-7-9-18(10)13(19)11-12(15)16-14(20-11)17(5-2)6-3/h10H,4-9,15H2,1-3H3. The maximum atomic E-state index is 12.6. The molecular weight excluding hydrogens is 272 g/mol. The van der Waals surface area contributed by atoms with Crippen LogP contribution in [-0.4, -0.2) is 41.5 Å². The lowest BCUT2D eigenvalue weighted by atomic mass is 10.2. The highest BCUT2D eigenvalue weighted by molar-refractivity contribution is 7.18. The smallest absolute Gasteiger partial charge is 0.268 e. The molecule has 0 bridgehead atoms. The van der Waals surface area contributed by atoms with E-state index in [-0.39, 0.29) is 5.91 Å². The number of nitrogens with two attached hydrogens (primary N) is 1. The summed E-state index contributed by atoms with van der Waals surface area (Å²) < 4.78 is 0. The van der Waals surface area contributed by atoms with E-state index in [1.165, 1.54) is 11.3 Å². The van der Waals surface area contributed by atoms with Crippen molar-refractivity contribution in [3.05, 3.63) is 4.88 Å². The third-order valence-corrected chi connectivity index (χ3v) is 5.10. The van der Waals surface area contributed by atoms with E-state index >= 15 is 0 Å². The SMILES string of the molecule is CCC1CCCN1C(=O)c1sc(N(CC)CC)nc1N. The fourth-order valence-corrected chi connectivity index (χ4v) is 3.83. The minimum Gasteiger partial charge on any atom is -0.382 e. The van der Waals surface area contributed by atoms with Gasteiger partial charge < -0.3 is 15.5 Å². The molecule has 1 saturated heterocycles. The second-order valence-corrected chi connectivity index (χ2v) is 6.06. The summed E-state index contributed by atoms with van der Waals surface area (Å²) in [4.78, 5) is 21.7. The summed E-state index contributed by atoms with van der Waals surface area (Å²) >= 11 is 1.42. The number of hydrogen-bond acceptors (Lipinski definition) is 5. The quantitative estimate of drug-likeness (QED) is 0.907. The summed E-state index contributed by atoms with van der Waals surface area (Å²) in [6.07, 6.45) is 3.20. The number of nitrogen functional groups attached to an aromatic ring is 1. The van der Waals surface area contributed by atoms with Crippen LogP contribution in [0.5, 0.6) is 0 Å². The van der Waals surface area contributed by atoms with E-state index in [2.05, 4.69) is 30.7 Å². The van der Waals surface area contributed by atoms with Crippen LogP contribution in [0.3, 0.4) is 0 Å². The van der Waals surface area contributed by atoms with E-state index < -0.39 is 0 Å². The van der Waals surface area contributed by atoms with Crippen molar-refractivity contribution in [3.63, 3.8) is 0 Å². The average Bonchev–Trinajstić information content (AvgIpc) is 3.06. The van der Waals surface area contributed by atoms with Gasteiger partial charge in [0.15, 0.2) is 5.13 Å². The summed E-state index contributed by atoms with van der Waals surface area (Å²) in [6.45, 7) is 8.88. The third kappa shape index (κ3) is 2.75. The van der Waals surface area contributed by atoms with Gasteiger partial charge in [-0.05, 0) is 33.1 Å². The Morgan fingerprint density at radius 1 is 1.45 bits per heavy atom. The van der Waals surface area contributed by atoms with E-state index in [1.807, 2.05) is 4.90 Å². The molecule has 1 amide bonds. The zero-order valence-electron chi connectivity index (χ0n) is 12.6. The first kappa shape index (κ1) is 15.1. The van der Waals surface area contributed by atoms with Gasteiger partial charge in [-0.25, -0.2) is 4.98 Å². The maximum Gasteiger partial charge on any atom is 0.268 e. The summed E-state index contributed by atoms with van der Waals surface area (Å²) in [7, 11) is 0. The molecule has 0 aliphatic carbocycles. The molecule has 20 heavy (non-hydrogen) atoms. The van der Waals surface area contributed by atoms with Gasteiger partial charge in [0, 0.05) is 25.7 Å². The minimum absolute atomic E-state index is 0.0581. The van der Waals surface area contributed by atoms with Crippen LogP contribution in [0.25, 0.3) is 0 Å². The highest BCUT2D eigenvalue weighted by atomic mass is 32.1. The number of amides is 1. The molecule has 1 aliphatic heterocycles. The molecule has 0 aromatic carbocycles. The van der Waals surface area contributed by atoms with Gasteiger partial charge in [0.05, 0.1) is 0 Å². The first-order chi connectivity index (χ1) is 9.62. The van der Waals surface area contributed by atoms with Gasteiger partial charge in [-0.3, -0.25) is 4.79 Å². The molecule has 1 unspecified atom stereocenters. The number of rotatable bonds is 5. The number of thiazole rings is 1. The molecule has 1 aliphatic rings. The first-order valence-corrected chi connectivity index (χ1v) is 8.26. The second kappa shape index (κ2) is 6.43. The second-order valence-electron chi connectivity index (χ2n) is 5.09. The van der Waals surface area contributed by atoms with Crippen molar-refractivity contribution >= 4 is 28.2 Å². The van der Waals surface area contributed by atoms with Crippen molar-refractivity contribution in [2.45, 2.75) is 46.1 Å². The van der Waals surface area contributed by atoms with Crippen LogP contribution >= 0.6 is 11.3 Å². The summed E-state index contributed by atoms with van der Waals surface area (Å²) in [5.74, 6) is 0.436. The maximum absolute atomic E-state index is 12.6. The predicted octanol–water partition coefficient (Wildman–Crippen LogP) is 2.59. The van der Waals surface area contributed by atoms with E-state index in [0.717, 1.165) is 44.0 Å². The molecule has 1 aromatic rings. The molecule has 2 rings (SSSR count). The minimum atomic E-state index is 0.0581. The van der Waals surface area contributed by atoms with Crippen LogP contribution in [-0.2, 0) is 0 Å². The van der Waals surface area contributed by atoms with Crippen molar-refractivity contribution < 1.29 is 4.79 Å². The third-order valence-electron chi connectivity index (χ3n) is 3.98. The lowest BCUT2D eigenvalue weighted by Gasteiger charge is -2.23. The Bertz CT molecular complexity index is 470. The molecule has 0 spiro atoms. The van der Waals surface area contributed by atoms with Crippen LogP contribution in [0.15, 0.2) is 0 Å². The number of anilines is 2. The van der Waals surface area contributed by atoms with Gasteiger partial charge in [-0.15, -0.1) is 0 Å². The Kier molecular flexibility index (Phi) is 4.86. The fraction of sp³-hybridized carbons (Fsp3) is 0.714. The highest BCUT2D eigenvalue weighted by Crippen LogP contribution is 2.31. The van der Waals surface area contributed by atoms with Gasteiger partial charge in [-0.1, -0.05) is 18.3 Å². The van der Waals surface area contributed by atoms with Crippen molar-refractivity contribution in [2.75, 3.05) is 30.3 Å². The molecule has 112 valence electrons. The molecule has 1 aromatic heterocycles. The van der Waals surface area contributed by atoms with Crippen molar-refractivity contribution in [1.82, 2.24) is 9.88 Å².